The van der Waals surface area contributed by atoms with Crippen LogP contribution in [0.2, 0.25) is 5.15 Å². The lowest BCUT2D eigenvalue weighted by Gasteiger charge is -2.06. The number of amides is 1. The normalized spacial score (nSPS) is 10.9. The topological polar surface area (TPSA) is 67.8 Å². The van der Waals surface area contributed by atoms with Gasteiger partial charge in [0.25, 0.3) is 5.91 Å². The Balaban J connectivity index is 1.64. The van der Waals surface area contributed by atoms with Crippen LogP contribution in [0.15, 0.2) is 60.7 Å². The summed E-state index contributed by atoms with van der Waals surface area (Å²) in [6.07, 6.45) is 0. The van der Waals surface area contributed by atoms with Crippen molar-refractivity contribution in [1.29, 1.82) is 0 Å². The van der Waals surface area contributed by atoms with Crippen LogP contribution in [0.1, 0.15) is 10.5 Å². The first-order chi connectivity index (χ1) is 11.7. The van der Waals surface area contributed by atoms with Crippen molar-refractivity contribution in [2.75, 3.05) is 5.32 Å². The molecule has 0 fully saturated rings. The summed E-state index contributed by atoms with van der Waals surface area (Å²) in [6, 6.07) is 18.3. The molecular weight excluding hydrogens is 324 g/mol. The Hall–Kier alpha value is -3.05. The third-order valence-corrected chi connectivity index (χ3v) is 3.80. The van der Waals surface area contributed by atoms with Crippen LogP contribution in [0.3, 0.4) is 0 Å². The standard InChI is InChI=1S/C18H11ClN4O/c19-15-9-6-12-7-10-16(22-17(12)21-15)23-18(24)14-8-5-11-3-1-2-4-13(11)20-14/h1-10H,(H,21,22,23,24). The minimum atomic E-state index is -0.324. The first-order valence-electron chi connectivity index (χ1n) is 7.29. The molecule has 5 nitrogen and oxygen atoms in total. The Kier molecular flexibility index (Phi) is 3.55. The molecule has 0 saturated heterocycles. The van der Waals surface area contributed by atoms with Crippen molar-refractivity contribution in [3.05, 3.63) is 71.5 Å². The number of hydrogen-bond donors (Lipinski definition) is 1. The molecular formula is C18H11ClN4O. The third-order valence-electron chi connectivity index (χ3n) is 3.59. The highest BCUT2D eigenvalue weighted by Gasteiger charge is 2.10. The average molecular weight is 335 g/mol. The van der Waals surface area contributed by atoms with E-state index in [1.165, 1.54) is 0 Å². The number of nitrogens with one attached hydrogen (secondary N) is 1. The summed E-state index contributed by atoms with van der Waals surface area (Å²) in [5.41, 5.74) is 1.58. The van der Waals surface area contributed by atoms with Crippen LogP contribution in [0.25, 0.3) is 21.9 Å². The second-order valence-electron chi connectivity index (χ2n) is 5.22. The smallest absolute Gasteiger partial charge is 0.275 e. The molecule has 1 aromatic carbocycles. The van der Waals surface area contributed by atoms with E-state index in [0.29, 0.717) is 22.3 Å². The summed E-state index contributed by atoms with van der Waals surface area (Å²) in [7, 11) is 0. The molecule has 0 unspecified atom stereocenters. The zero-order valence-corrected chi connectivity index (χ0v) is 13.2. The van der Waals surface area contributed by atoms with Crippen molar-refractivity contribution >= 4 is 45.3 Å². The molecule has 0 aliphatic heterocycles. The summed E-state index contributed by atoms with van der Waals surface area (Å²) in [5, 5.41) is 4.93. The Bertz CT molecular complexity index is 1080. The Morgan fingerprint density at radius 2 is 1.62 bits per heavy atom. The second-order valence-corrected chi connectivity index (χ2v) is 5.61. The van der Waals surface area contributed by atoms with Gasteiger partial charge in [0.2, 0.25) is 0 Å². The van der Waals surface area contributed by atoms with E-state index in [1.807, 2.05) is 42.5 Å². The predicted molar refractivity (Wildman–Crippen MR) is 94.2 cm³/mol. The largest absolute Gasteiger partial charge is 0.305 e. The van der Waals surface area contributed by atoms with Crippen molar-refractivity contribution in [1.82, 2.24) is 15.0 Å². The molecule has 0 saturated carbocycles. The van der Waals surface area contributed by atoms with Crippen molar-refractivity contribution in [2.45, 2.75) is 0 Å². The van der Waals surface area contributed by atoms with Gasteiger partial charge >= 0.3 is 0 Å². The molecule has 0 atom stereocenters. The number of anilines is 1. The van der Waals surface area contributed by atoms with Crippen molar-refractivity contribution < 1.29 is 4.79 Å². The third kappa shape index (κ3) is 2.77. The molecule has 0 aliphatic rings. The van der Waals surface area contributed by atoms with Gasteiger partial charge in [-0.1, -0.05) is 35.9 Å². The summed E-state index contributed by atoms with van der Waals surface area (Å²) in [4.78, 5) is 25.2. The van der Waals surface area contributed by atoms with E-state index in [-0.39, 0.29) is 5.91 Å². The molecule has 0 radical (unpaired) electrons. The maximum Gasteiger partial charge on any atom is 0.275 e. The fourth-order valence-electron chi connectivity index (χ4n) is 2.42. The molecule has 4 aromatic rings. The van der Waals surface area contributed by atoms with Gasteiger partial charge in [0.1, 0.15) is 16.7 Å². The number of benzene rings is 1. The lowest BCUT2D eigenvalue weighted by atomic mass is 10.2. The fourth-order valence-corrected chi connectivity index (χ4v) is 2.56. The number of hydrogen-bond acceptors (Lipinski definition) is 4. The Morgan fingerprint density at radius 3 is 2.54 bits per heavy atom. The highest BCUT2D eigenvalue weighted by atomic mass is 35.5. The van der Waals surface area contributed by atoms with Gasteiger partial charge in [0.05, 0.1) is 5.52 Å². The monoisotopic (exact) mass is 334 g/mol. The number of fused-ring (bicyclic) bond motifs is 2. The molecule has 1 N–H and O–H groups in total. The van der Waals surface area contributed by atoms with E-state index in [0.717, 1.165) is 16.3 Å². The molecule has 4 rings (SSSR count). The van der Waals surface area contributed by atoms with E-state index in [2.05, 4.69) is 20.3 Å². The molecule has 0 bridgehead atoms. The minimum absolute atomic E-state index is 0.324. The van der Waals surface area contributed by atoms with E-state index >= 15 is 0 Å². The lowest BCUT2D eigenvalue weighted by molar-refractivity contribution is 0.102. The highest BCUT2D eigenvalue weighted by Crippen LogP contribution is 2.17. The molecule has 3 aromatic heterocycles. The molecule has 1 amide bonds. The number of carbonyl (C=O) groups excluding carboxylic acids is 1. The van der Waals surface area contributed by atoms with Crippen LogP contribution >= 0.6 is 11.6 Å². The van der Waals surface area contributed by atoms with Crippen LogP contribution in [0.5, 0.6) is 0 Å². The van der Waals surface area contributed by atoms with Crippen LogP contribution < -0.4 is 5.32 Å². The van der Waals surface area contributed by atoms with Crippen LogP contribution in [-0.4, -0.2) is 20.9 Å². The Labute approximate surface area is 142 Å². The summed E-state index contributed by atoms with van der Waals surface area (Å²) in [6.45, 7) is 0. The van der Waals surface area contributed by atoms with Crippen LogP contribution in [0, 0.1) is 0 Å². The van der Waals surface area contributed by atoms with Gasteiger partial charge in [0, 0.05) is 10.8 Å². The first-order valence-corrected chi connectivity index (χ1v) is 7.67. The van der Waals surface area contributed by atoms with Gasteiger partial charge in [-0.3, -0.25) is 4.79 Å². The maximum absolute atomic E-state index is 12.4. The highest BCUT2D eigenvalue weighted by molar-refractivity contribution is 6.29. The van der Waals surface area contributed by atoms with E-state index in [1.54, 1.807) is 18.2 Å². The van der Waals surface area contributed by atoms with Gasteiger partial charge in [-0.15, -0.1) is 0 Å². The molecule has 0 aliphatic carbocycles. The van der Waals surface area contributed by atoms with Gasteiger partial charge in [0.15, 0.2) is 5.65 Å². The predicted octanol–water partition coefficient (Wildman–Crippen LogP) is 4.08. The molecule has 116 valence electrons. The number of carbonyl (C=O) groups is 1. The van der Waals surface area contributed by atoms with Gasteiger partial charge in [-0.25, -0.2) is 15.0 Å². The van der Waals surface area contributed by atoms with Crippen molar-refractivity contribution in [3.63, 3.8) is 0 Å². The van der Waals surface area contributed by atoms with E-state index in [4.69, 9.17) is 11.6 Å². The van der Waals surface area contributed by atoms with E-state index < -0.39 is 0 Å². The molecule has 6 heteroatoms. The zero-order valence-electron chi connectivity index (χ0n) is 12.4. The zero-order chi connectivity index (χ0) is 16.5. The summed E-state index contributed by atoms with van der Waals surface area (Å²) < 4.78 is 0. The number of pyridine rings is 3. The number of rotatable bonds is 2. The quantitative estimate of drug-likeness (QED) is 0.561. The first kappa shape index (κ1) is 14.5. The number of aromatic nitrogens is 3. The maximum atomic E-state index is 12.4. The van der Waals surface area contributed by atoms with Gasteiger partial charge in [-0.2, -0.15) is 0 Å². The van der Waals surface area contributed by atoms with Crippen LogP contribution in [0.4, 0.5) is 5.82 Å². The van der Waals surface area contributed by atoms with Crippen molar-refractivity contribution in [2.24, 2.45) is 0 Å². The average Bonchev–Trinajstić information content (AvgIpc) is 2.61. The SMILES string of the molecule is O=C(Nc1ccc2ccc(Cl)nc2n1)c1ccc2ccccc2n1. The minimum Gasteiger partial charge on any atom is -0.305 e. The number of para-hydroxylation sites is 1. The number of halogens is 1. The van der Waals surface area contributed by atoms with Crippen molar-refractivity contribution in [3.8, 4) is 0 Å². The van der Waals surface area contributed by atoms with Gasteiger partial charge in [-0.05, 0) is 36.4 Å². The molecule has 3 heterocycles. The van der Waals surface area contributed by atoms with Crippen LogP contribution in [-0.2, 0) is 0 Å². The summed E-state index contributed by atoms with van der Waals surface area (Å²) in [5.74, 6) is 0.0758. The molecule has 24 heavy (non-hydrogen) atoms. The number of nitrogens with zero attached hydrogens (tertiary/aromatic N) is 3. The fraction of sp³-hybridized carbons (Fsp3) is 0. The second kappa shape index (κ2) is 5.86. The van der Waals surface area contributed by atoms with Gasteiger partial charge < -0.3 is 5.32 Å². The lowest BCUT2D eigenvalue weighted by Crippen LogP contribution is -2.14. The Morgan fingerprint density at radius 1 is 0.833 bits per heavy atom. The summed E-state index contributed by atoms with van der Waals surface area (Å²) >= 11 is 5.88. The van der Waals surface area contributed by atoms with E-state index in [9.17, 15) is 4.79 Å². The molecule has 0 spiro atoms.